The van der Waals surface area contributed by atoms with Gasteiger partial charge in [-0.3, -0.25) is 0 Å². The van der Waals surface area contributed by atoms with Crippen molar-refractivity contribution in [1.29, 1.82) is 0 Å². The summed E-state index contributed by atoms with van der Waals surface area (Å²) in [5.41, 5.74) is 3.06. The normalized spacial score (nSPS) is 57.5. The topological polar surface area (TPSA) is 41.8 Å². The van der Waals surface area contributed by atoms with Gasteiger partial charge in [0.2, 0.25) is 0 Å². The summed E-state index contributed by atoms with van der Waals surface area (Å²) in [6.45, 7) is 18.8. The van der Waals surface area contributed by atoms with E-state index >= 15 is 0 Å². The lowest BCUT2D eigenvalue weighted by Crippen LogP contribution is -2.67. The van der Waals surface area contributed by atoms with E-state index in [9.17, 15) is 5.21 Å². The molecule has 3 nitrogen and oxygen atoms in total. The maximum atomic E-state index is 9.76. The molecule has 2 bridgehead atoms. The molecule has 0 aromatic carbocycles. The molecule has 9 atom stereocenters. The van der Waals surface area contributed by atoms with Gasteiger partial charge >= 0.3 is 0 Å². The number of nitrogens with zero attached hydrogens (tertiary/aromatic N) is 1. The highest BCUT2D eigenvalue weighted by molar-refractivity contribution is 5.90. The molecule has 0 spiro atoms. The Morgan fingerprint density at radius 2 is 1.52 bits per heavy atom. The number of hydrogen-bond donors (Lipinski definition) is 1. The molecule has 0 radical (unpaired) electrons. The van der Waals surface area contributed by atoms with Crippen molar-refractivity contribution in [3.63, 3.8) is 0 Å². The van der Waals surface area contributed by atoms with Crippen molar-refractivity contribution in [2.24, 2.45) is 61.3 Å². The van der Waals surface area contributed by atoms with Crippen LogP contribution in [0.25, 0.3) is 0 Å². The monoisotopic (exact) mass is 455 g/mol. The summed E-state index contributed by atoms with van der Waals surface area (Å²) in [4.78, 5) is 0. The van der Waals surface area contributed by atoms with Gasteiger partial charge in [0.25, 0.3) is 0 Å². The number of hydrogen-bond acceptors (Lipinski definition) is 3. The molecule has 3 heteroatoms. The average Bonchev–Trinajstić information content (AvgIpc) is 3.07. The SMILES string of the molecule is CC1(C)CCC23CC[C@]4(C)C(CCC5[C@@]6(C)CCC(=NO)C(C)(C)C6CC[C@]54C)C2C1OC3. The van der Waals surface area contributed by atoms with Gasteiger partial charge < -0.3 is 9.94 Å². The summed E-state index contributed by atoms with van der Waals surface area (Å²) < 4.78 is 6.71. The molecule has 186 valence electrons. The van der Waals surface area contributed by atoms with Crippen LogP contribution in [-0.4, -0.2) is 23.6 Å². The van der Waals surface area contributed by atoms with Crippen LogP contribution in [0.4, 0.5) is 0 Å². The summed E-state index contributed by atoms with van der Waals surface area (Å²) in [5.74, 6) is 3.02. The van der Waals surface area contributed by atoms with Crippen LogP contribution < -0.4 is 0 Å². The summed E-state index contributed by atoms with van der Waals surface area (Å²) in [6, 6.07) is 0. The molecule has 6 fully saturated rings. The Bertz CT molecular complexity index is 877. The molecular weight excluding hydrogens is 406 g/mol. The van der Waals surface area contributed by atoms with Crippen molar-refractivity contribution in [1.82, 2.24) is 0 Å². The van der Waals surface area contributed by atoms with Crippen LogP contribution in [0.2, 0.25) is 0 Å². The standard InChI is InChI=1S/C30H49NO2/c1-25(2)14-16-30-17-15-28(6)19(23(30)24(25)33-18-30)8-9-21-27(5)12-11-22(31-32)26(3,4)20(27)10-13-29(21,28)7/h19-21,23-24,32H,8-18H2,1-7H3/t19?,20?,21?,23?,24?,27-,28+,29+,30?/m0/s1. The second kappa shape index (κ2) is 6.60. The largest absolute Gasteiger partial charge is 0.411 e. The Morgan fingerprint density at radius 3 is 2.24 bits per heavy atom. The molecular formula is C30H49NO2. The summed E-state index contributed by atoms with van der Waals surface area (Å²) >= 11 is 0. The molecule has 0 aromatic rings. The maximum absolute atomic E-state index is 9.76. The fourth-order valence-electron chi connectivity index (χ4n) is 12.0. The maximum Gasteiger partial charge on any atom is 0.0663 e. The fraction of sp³-hybridized carbons (Fsp3) is 0.967. The van der Waals surface area contributed by atoms with Crippen LogP contribution in [0.3, 0.4) is 0 Å². The minimum Gasteiger partial charge on any atom is -0.411 e. The van der Waals surface area contributed by atoms with Crippen LogP contribution in [0.5, 0.6) is 0 Å². The first-order valence-corrected chi connectivity index (χ1v) is 14.2. The van der Waals surface area contributed by atoms with Gasteiger partial charge in [0, 0.05) is 5.41 Å². The van der Waals surface area contributed by atoms with Crippen LogP contribution in [0, 0.1) is 56.2 Å². The van der Waals surface area contributed by atoms with Crippen LogP contribution in [-0.2, 0) is 4.74 Å². The van der Waals surface area contributed by atoms with Gasteiger partial charge in [0.1, 0.15) is 0 Å². The lowest BCUT2D eigenvalue weighted by Gasteiger charge is -2.73. The summed E-state index contributed by atoms with van der Waals surface area (Å²) in [6.07, 6.45) is 13.6. The zero-order valence-electron chi connectivity index (χ0n) is 22.5. The van der Waals surface area contributed by atoms with Crippen molar-refractivity contribution >= 4 is 5.71 Å². The van der Waals surface area contributed by atoms with E-state index in [0.29, 0.717) is 39.1 Å². The highest BCUT2D eigenvalue weighted by Gasteiger charge is 2.72. The first-order chi connectivity index (χ1) is 15.4. The minimum absolute atomic E-state index is 0.0117. The minimum atomic E-state index is 0.0117. The molecule has 5 saturated carbocycles. The zero-order valence-corrected chi connectivity index (χ0v) is 22.5. The van der Waals surface area contributed by atoms with Gasteiger partial charge in [-0.15, -0.1) is 0 Å². The van der Waals surface area contributed by atoms with Gasteiger partial charge in [0.15, 0.2) is 0 Å². The molecule has 33 heavy (non-hydrogen) atoms. The van der Waals surface area contributed by atoms with Crippen molar-refractivity contribution in [2.45, 2.75) is 119 Å². The molecule has 0 aromatic heterocycles. The Hall–Kier alpha value is -0.570. The molecule has 1 heterocycles. The Balaban J connectivity index is 1.39. The third-order valence-electron chi connectivity index (χ3n) is 14.0. The Kier molecular flexibility index (Phi) is 4.57. The van der Waals surface area contributed by atoms with Gasteiger partial charge in [-0.25, -0.2) is 0 Å². The van der Waals surface area contributed by atoms with Gasteiger partial charge in [0.05, 0.1) is 18.4 Å². The van der Waals surface area contributed by atoms with Gasteiger partial charge in [-0.2, -0.15) is 0 Å². The van der Waals surface area contributed by atoms with Crippen molar-refractivity contribution < 1.29 is 9.94 Å². The lowest BCUT2D eigenvalue weighted by molar-refractivity contribution is -0.235. The molecule has 1 aliphatic heterocycles. The van der Waals surface area contributed by atoms with E-state index in [4.69, 9.17) is 4.74 Å². The molecule has 0 amide bonds. The first-order valence-electron chi connectivity index (χ1n) is 14.2. The predicted molar refractivity (Wildman–Crippen MR) is 133 cm³/mol. The zero-order chi connectivity index (χ0) is 23.7. The molecule has 6 unspecified atom stereocenters. The van der Waals surface area contributed by atoms with Crippen molar-refractivity contribution in [2.75, 3.05) is 6.61 Å². The number of rotatable bonds is 0. The van der Waals surface area contributed by atoms with E-state index in [-0.39, 0.29) is 5.41 Å². The van der Waals surface area contributed by atoms with E-state index < -0.39 is 0 Å². The van der Waals surface area contributed by atoms with E-state index in [2.05, 4.69) is 53.6 Å². The van der Waals surface area contributed by atoms with E-state index in [1.54, 1.807) is 0 Å². The second-order valence-corrected chi connectivity index (χ2v) is 15.5. The average molecular weight is 456 g/mol. The van der Waals surface area contributed by atoms with Crippen LogP contribution in [0.15, 0.2) is 5.16 Å². The van der Waals surface area contributed by atoms with Crippen LogP contribution in [0.1, 0.15) is 113 Å². The molecule has 5 aliphatic carbocycles. The second-order valence-electron chi connectivity index (χ2n) is 15.5. The molecule has 1 N–H and O–H groups in total. The van der Waals surface area contributed by atoms with Crippen LogP contribution >= 0.6 is 0 Å². The number of ether oxygens (including phenoxy) is 1. The molecule has 6 aliphatic rings. The molecule has 6 rings (SSSR count). The molecule has 1 saturated heterocycles. The highest BCUT2D eigenvalue weighted by atomic mass is 16.5. The Morgan fingerprint density at radius 1 is 0.788 bits per heavy atom. The highest BCUT2D eigenvalue weighted by Crippen LogP contribution is 2.77. The van der Waals surface area contributed by atoms with E-state index in [0.717, 1.165) is 36.5 Å². The Labute approximate surface area is 202 Å². The lowest BCUT2D eigenvalue weighted by atomic mass is 9.31. The third-order valence-corrected chi connectivity index (χ3v) is 14.0. The van der Waals surface area contributed by atoms with E-state index in [1.807, 2.05) is 0 Å². The van der Waals surface area contributed by atoms with Gasteiger partial charge in [-0.05, 0) is 115 Å². The predicted octanol–water partition coefficient (Wildman–Crippen LogP) is 7.71. The smallest absolute Gasteiger partial charge is 0.0663 e. The van der Waals surface area contributed by atoms with Crippen molar-refractivity contribution in [3.8, 4) is 0 Å². The van der Waals surface area contributed by atoms with Gasteiger partial charge in [-0.1, -0.05) is 53.6 Å². The fourth-order valence-corrected chi connectivity index (χ4v) is 12.0. The number of fused-ring (bicyclic) bond motifs is 5. The van der Waals surface area contributed by atoms with E-state index in [1.165, 1.54) is 57.8 Å². The number of oxime groups is 1. The first kappa shape index (κ1) is 22.9. The summed E-state index contributed by atoms with van der Waals surface area (Å²) in [5, 5.41) is 13.6. The third kappa shape index (κ3) is 2.54. The van der Waals surface area contributed by atoms with Crippen molar-refractivity contribution in [3.05, 3.63) is 0 Å². The summed E-state index contributed by atoms with van der Waals surface area (Å²) in [7, 11) is 0. The quantitative estimate of drug-likeness (QED) is 0.300.